The predicted molar refractivity (Wildman–Crippen MR) is 59.6 cm³/mol. The molecule has 4 heteroatoms. The van der Waals surface area contributed by atoms with Gasteiger partial charge in [-0.15, -0.1) is 0 Å². The third kappa shape index (κ3) is 1.46. The molecule has 1 amide bonds. The highest BCUT2D eigenvalue weighted by Gasteiger charge is 2.64. The van der Waals surface area contributed by atoms with Gasteiger partial charge in [0.15, 0.2) is 0 Å². The normalized spacial score (nSPS) is 38.6. The second-order valence-corrected chi connectivity index (χ2v) is 5.76. The maximum Gasteiger partial charge on any atom is 0.231 e. The smallest absolute Gasteiger partial charge is 0.231 e. The van der Waals surface area contributed by atoms with Gasteiger partial charge in [-0.05, 0) is 12.8 Å². The highest BCUT2D eigenvalue weighted by Crippen LogP contribution is 2.58. The molecular formula is C11H14BrNO2. The largest absolute Gasteiger partial charge is 0.380 e. The number of amides is 1. The molecule has 3 rings (SSSR count). The summed E-state index contributed by atoms with van der Waals surface area (Å²) in [6.45, 7) is 3.04. The van der Waals surface area contributed by atoms with E-state index in [9.17, 15) is 4.79 Å². The van der Waals surface area contributed by atoms with Gasteiger partial charge < -0.3 is 9.64 Å². The SMILES string of the molecule is O=C(N1CCC=C(Br)C1)C12COCC1C2. The van der Waals surface area contributed by atoms with Crippen LogP contribution in [-0.2, 0) is 9.53 Å². The third-order valence-corrected chi connectivity index (χ3v) is 4.31. The van der Waals surface area contributed by atoms with Crippen molar-refractivity contribution in [3.05, 3.63) is 10.6 Å². The number of nitrogens with zero attached hydrogens (tertiary/aromatic N) is 1. The Hall–Kier alpha value is -0.350. The molecule has 0 spiro atoms. The first-order valence-electron chi connectivity index (χ1n) is 5.44. The van der Waals surface area contributed by atoms with Crippen LogP contribution in [-0.4, -0.2) is 37.1 Å². The third-order valence-electron chi connectivity index (χ3n) is 3.73. The van der Waals surface area contributed by atoms with Crippen LogP contribution < -0.4 is 0 Å². The van der Waals surface area contributed by atoms with Crippen LogP contribution >= 0.6 is 15.9 Å². The van der Waals surface area contributed by atoms with E-state index >= 15 is 0 Å². The number of halogens is 1. The highest BCUT2D eigenvalue weighted by atomic mass is 79.9. The minimum Gasteiger partial charge on any atom is -0.380 e. The Bertz CT molecular complexity index is 341. The summed E-state index contributed by atoms with van der Waals surface area (Å²) in [6.07, 6.45) is 4.16. The van der Waals surface area contributed by atoms with Crippen LogP contribution in [0.5, 0.6) is 0 Å². The first-order valence-corrected chi connectivity index (χ1v) is 6.23. The summed E-state index contributed by atoms with van der Waals surface area (Å²) in [5, 5.41) is 0. The predicted octanol–water partition coefficient (Wildman–Crippen LogP) is 1.53. The van der Waals surface area contributed by atoms with Crippen molar-refractivity contribution in [2.75, 3.05) is 26.3 Å². The summed E-state index contributed by atoms with van der Waals surface area (Å²) in [5.74, 6) is 0.824. The molecule has 0 aromatic heterocycles. The lowest BCUT2D eigenvalue weighted by atomic mass is 10.0. The van der Waals surface area contributed by atoms with E-state index in [4.69, 9.17) is 4.74 Å². The van der Waals surface area contributed by atoms with E-state index in [0.717, 1.165) is 37.0 Å². The van der Waals surface area contributed by atoms with Gasteiger partial charge in [-0.2, -0.15) is 0 Å². The van der Waals surface area contributed by atoms with Crippen LogP contribution in [0.15, 0.2) is 10.6 Å². The molecule has 1 saturated carbocycles. The molecule has 0 aromatic carbocycles. The van der Waals surface area contributed by atoms with Crippen molar-refractivity contribution in [3.8, 4) is 0 Å². The second-order valence-electron chi connectivity index (χ2n) is 4.74. The molecule has 2 fully saturated rings. The molecular weight excluding hydrogens is 258 g/mol. The van der Waals surface area contributed by atoms with E-state index < -0.39 is 0 Å². The van der Waals surface area contributed by atoms with Gasteiger partial charge in [0, 0.05) is 16.9 Å². The van der Waals surface area contributed by atoms with Crippen molar-refractivity contribution in [2.45, 2.75) is 12.8 Å². The van der Waals surface area contributed by atoms with Gasteiger partial charge in [0.05, 0.1) is 25.2 Å². The summed E-state index contributed by atoms with van der Waals surface area (Å²) in [5.41, 5.74) is -0.120. The maximum absolute atomic E-state index is 12.3. The zero-order valence-electron chi connectivity index (χ0n) is 8.54. The van der Waals surface area contributed by atoms with Crippen LogP contribution in [0, 0.1) is 11.3 Å². The Morgan fingerprint density at radius 2 is 2.53 bits per heavy atom. The summed E-state index contributed by atoms with van der Waals surface area (Å²) in [4.78, 5) is 14.3. The van der Waals surface area contributed by atoms with Crippen molar-refractivity contribution in [1.82, 2.24) is 4.90 Å². The highest BCUT2D eigenvalue weighted by molar-refractivity contribution is 9.11. The molecule has 0 radical (unpaired) electrons. The minimum absolute atomic E-state index is 0.120. The lowest BCUT2D eigenvalue weighted by Crippen LogP contribution is -2.41. The van der Waals surface area contributed by atoms with Crippen LogP contribution in [0.1, 0.15) is 12.8 Å². The van der Waals surface area contributed by atoms with E-state index in [1.165, 1.54) is 0 Å². The fraction of sp³-hybridized carbons (Fsp3) is 0.727. The second kappa shape index (κ2) is 3.32. The monoisotopic (exact) mass is 271 g/mol. The molecule has 2 atom stereocenters. The average molecular weight is 272 g/mol. The lowest BCUT2D eigenvalue weighted by Gasteiger charge is -2.28. The number of hydrogen-bond acceptors (Lipinski definition) is 2. The first-order chi connectivity index (χ1) is 7.22. The molecule has 0 aromatic rings. The Balaban J connectivity index is 1.73. The van der Waals surface area contributed by atoms with Crippen molar-refractivity contribution in [1.29, 1.82) is 0 Å². The van der Waals surface area contributed by atoms with Crippen molar-refractivity contribution >= 4 is 21.8 Å². The number of carbonyl (C=O) groups excluding carboxylic acids is 1. The summed E-state index contributed by atoms with van der Waals surface area (Å²) in [7, 11) is 0. The van der Waals surface area contributed by atoms with Gasteiger partial charge >= 0.3 is 0 Å². The lowest BCUT2D eigenvalue weighted by molar-refractivity contribution is -0.137. The zero-order chi connectivity index (χ0) is 10.5. The minimum atomic E-state index is -0.120. The molecule has 2 heterocycles. The topological polar surface area (TPSA) is 29.5 Å². The molecule has 0 N–H and O–H groups in total. The standard InChI is InChI=1S/C11H14BrNO2/c12-9-2-1-3-13(5-9)10(14)11-4-8(11)6-15-7-11/h2,8H,1,3-7H2. The van der Waals surface area contributed by atoms with Gasteiger partial charge in [0.25, 0.3) is 0 Å². The first kappa shape index (κ1) is 9.85. The van der Waals surface area contributed by atoms with E-state index in [1.54, 1.807) is 0 Å². The average Bonchev–Trinajstić information content (AvgIpc) is 2.81. The van der Waals surface area contributed by atoms with E-state index in [2.05, 4.69) is 22.0 Å². The summed E-state index contributed by atoms with van der Waals surface area (Å²) < 4.78 is 6.51. The van der Waals surface area contributed by atoms with Crippen molar-refractivity contribution in [3.63, 3.8) is 0 Å². The molecule has 15 heavy (non-hydrogen) atoms. The van der Waals surface area contributed by atoms with E-state index in [-0.39, 0.29) is 5.41 Å². The quantitative estimate of drug-likeness (QED) is 0.724. The number of hydrogen-bond donors (Lipinski definition) is 0. The molecule has 3 nitrogen and oxygen atoms in total. The van der Waals surface area contributed by atoms with E-state index in [1.807, 2.05) is 4.90 Å². The van der Waals surface area contributed by atoms with Crippen molar-refractivity contribution < 1.29 is 9.53 Å². The molecule has 1 aliphatic carbocycles. The number of carbonyl (C=O) groups is 1. The molecule has 3 aliphatic rings. The summed E-state index contributed by atoms with van der Waals surface area (Å²) >= 11 is 3.47. The molecule has 0 bridgehead atoms. The Morgan fingerprint density at radius 3 is 3.13 bits per heavy atom. The fourth-order valence-corrected chi connectivity index (χ4v) is 3.21. The zero-order valence-corrected chi connectivity index (χ0v) is 10.1. The number of ether oxygens (including phenoxy) is 1. The number of fused-ring (bicyclic) bond motifs is 1. The Kier molecular flexibility index (Phi) is 2.18. The van der Waals surface area contributed by atoms with Gasteiger partial charge in [-0.1, -0.05) is 22.0 Å². The van der Waals surface area contributed by atoms with Gasteiger partial charge in [-0.25, -0.2) is 0 Å². The van der Waals surface area contributed by atoms with Crippen LogP contribution in [0.2, 0.25) is 0 Å². The van der Waals surface area contributed by atoms with Crippen LogP contribution in [0.25, 0.3) is 0 Å². The van der Waals surface area contributed by atoms with E-state index in [0.29, 0.717) is 18.4 Å². The maximum atomic E-state index is 12.3. The van der Waals surface area contributed by atoms with Gasteiger partial charge in [-0.3, -0.25) is 4.79 Å². The Labute approximate surface area is 97.6 Å². The molecule has 1 saturated heterocycles. The van der Waals surface area contributed by atoms with Gasteiger partial charge in [0.2, 0.25) is 5.91 Å². The molecule has 2 aliphatic heterocycles. The molecule has 82 valence electrons. The van der Waals surface area contributed by atoms with Gasteiger partial charge in [0.1, 0.15) is 0 Å². The van der Waals surface area contributed by atoms with Crippen LogP contribution in [0.4, 0.5) is 0 Å². The van der Waals surface area contributed by atoms with Crippen molar-refractivity contribution in [2.24, 2.45) is 11.3 Å². The van der Waals surface area contributed by atoms with Crippen LogP contribution in [0.3, 0.4) is 0 Å². The Morgan fingerprint density at radius 1 is 1.67 bits per heavy atom. The number of rotatable bonds is 1. The molecule has 2 unspecified atom stereocenters. The fourth-order valence-electron chi connectivity index (χ4n) is 2.67. The summed E-state index contributed by atoms with van der Waals surface area (Å²) in [6, 6.07) is 0.